The molecule has 3 amide bonds. The van der Waals surface area contributed by atoms with Crippen molar-refractivity contribution in [2.45, 2.75) is 19.3 Å². The first kappa shape index (κ1) is 21.5. The third-order valence-electron chi connectivity index (χ3n) is 5.05. The molecule has 1 saturated heterocycles. The number of carboxylic acid groups (broad SMARTS) is 1. The van der Waals surface area contributed by atoms with Gasteiger partial charge in [-0.15, -0.1) is 0 Å². The molecule has 1 aromatic rings. The molecule has 0 saturated carbocycles. The number of hydrogen-bond donors (Lipinski definition) is 2. The molecule has 2 N–H and O–H groups in total. The third kappa shape index (κ3) is 5.61. The van der Waals surface area contributed by atoms with Crippen LogP contribution in [0.5, 0.6) is 5.75 Å². The van der Waals surface area contributed by atoms with Crippen molar-refractivity contribution in [2.75, 3.05) is 40.8 Å². The molecule has 1 aliphatic rings. The molecule has 154 valence electrons. The lowest BCUT2D eigenvalue weighted by atomic mass is 9.95. The molecule has 1 atom stereocenters. The summed E-state index contributed by atoms with van der Waals surface area (Å²) in [6, 6.07) is 7.22. The molecule has 8 heteroatoms. The maximum Gasteiger partial charge on any atom is 0.319 e. The van der Waals surface area contributed by atoms with Crippen LogP contribution in [0.15, 0.2) is 24.3 Å². The highest BCUT2D eigenvalue weighted by Crippen LogP contribution is 2.22. The number of aliphatic carboxylic acids is 1. The number of urea groups is 1. The van der Waals surface area contributed by atoms with E-state index in [1.54, 1.807) is 32.2 Å². The zero-order chi connectivity index (χ0) is 20.7. The lowest BCUT2D eigenvalue weighted by Gasteiger charge is -2.33. The predicted molar refractivity (Wildman–Crippen MR) is 104 cm³/mol. The monoisotopic (exact) mass is 391 g/mol. The lowest BCUT2D eigenvalue weighted by Crippen LogP contribution is -2.47. The summed E-state index contributed by atoms with van der Waals surface area (Å²) < 4.78 is 5.28. The van der Waals surface area contributed by atoms with Gasteiger partial charge in [0.1, 0.15) is 5.75 Å². The van der Waals surface area contributed by atoms with Crippen LogP contribution in [0.1, 0.15) is 18.4 Å². The number of hydrogen-bond acceptors (Lipinski definition) is 4. The maximum absolute atomic E-state index is 12.5. The number of amides is 3. The quantitative estimate of drug-likeness (QED) is 0.733. The Bertz CT molecular complexity index is 699. The Morgan fingerprint density at radius 3 is 2.46 bits per heavy atom. The van der Waals surface area contributed by atoms with Crippen molar-refractivity contribution in [3.63, 3.8) is 0 Å². The second-order valence-corrected chi connectivity index (χ2v) is 7.23. The zero-order valence-corrected chi connectivity index (χ0v) is 16.7. The third-order valence-corrected chi connectivity index (χ3v) is 5.05. The van der Waals surface area contributed by atoms with Gasteiger partial charge in [-0.2, -0.15) is 0 Å². The molecule has 1 heterocycles. The second-order valence-electron chi connectivity index (χ2n) is 7.23. The Hall–Kier alpha value is -2.77. The molecule has 0 aliphatic carbocycles. The topological polar surface area (TPSA) is 99.2 Å². The van der Waals surface area contributed by atoms with Gasteiger partial charge in [-0.3, -0.25) is 9.59 Å². The summed E-state index contributed by atoms with van der Waals surface area (Å²) >= 11 is 0. The van der Waals surface area contributed by atoms with Crippen molar-refractivity contribution in [3.05, 3.63) is 29.8 Å². The Balaban J connectivity index is 1.87. The summed E-state index contributed by atoms with van der Waals surface area (Å²) in [5, 5.41) is 12.3. The summed E-state index contributed by atoms with van der Waals surface area (Å²) in [7, 11) is 4.95. The van der Waals surface area contributed by atoms with Gasteiger partial charge in [-0.1, -0.05) is 18.2 Å². The number of carboxylic acids is 1. The van der Waals surface area contributed by atoms with Crippen LogP contribution in [0.25, 0.3) is 0 Å². The highest BCUT2D eigenvalue weighted by molar-refractivity contribution is 5.80. The highest BCUT2D eigenvalue weighted by atomic mass is 16.5. The average molecular weight is 391 g/mol. The summed E-state index contributed by atoms with van der Waals surface area (Å²) in [4.78, 5) is 39.3. The van der Waals surface area contributed by atoms with Gasteiger partial charge < -0.3 is 25.0 Å². The van der Waals surface area contributed by atoms with Crippen LogP contribution in [0, 0.1) is 11.8 Å². The van der Waals surface area contributed by atoms with Crippen molar-refractivity contribution >= 4 is 17.9 Å². The molecule has 0 radical (unpaired) electrons. The van der Waals surface area contributed by atoms with E-state index in [2.05, 4.69) is 5.32 Å². The van der Waals surface area contributed by atoms with Crippen LogP contribution in [0.4, 0.5) is 4.79 Å². The van der Waals surface area contributed by atoms with E-state index in [1.807, 2.05) is 18.2 Å². The van der Waals surface area contributed by atoms with Gasteiger partial charge in [0.15, 0.2) is 0 Å². The molecular formula is C20H29N3O5. The number of ether oxygens (including phenoxy) is 1. The molecule has 1 aliphatic heterocycles. The Kier molecular flexibility index (Phi) is 7.66. The van der Waals surface area contributed by atoms with E-state index in [1.165, 1.54) is 4.90 Å². The van der Waals surface area contributed by atoms with E-state index in [4.69, 9.17) is 4.74 Å². The zero-order valence-electron chi connectivity index (χ0n) is 16.7. The Labute approximate surface area is 165 Å². The van der Waals surface area contributed by atoms with Gasteiger partial charge in [0.05, 0.1) is 13.0 Å². The normalized spacial score (nSPS) is 15.6. The standard InChI is InChI=1S/C20H29N3O5/c1-22(2)20(27)23-10-8-14(9-11-23)18(24)21-13-16(19(25)26)12-15-6-4-5-7-17(15)28-3/h4-7,14,16H,8-13H2,1-3H3,(H,21,24)(H,25,26). The number of nitrogens with one attached hydrogen (secondary N) is 1. The van der Waals surface area contributed by atoms with E-state index in [0.29, 0.717) is 31.7 Å². The maximum atomic E-state index is 12.5. The number of methoxy groups -OCH3 is 1. The first-order chi connectivity index (χ1) is 13.3. The number of rotatable bonds is 7. The minimum absolute atomic E-state index is 0.0541. The molecule has 28 heavy (non-hydrogen) atoms. The van der Waals surface area contributed by atoms with Crippen LogP contribution < -0.4 is 10.1 Å². The Morgan fingerprint density at radius 1 is 1.25 bits per heavy atom. The van der Waals surface area contributed by atoms with Crippen LogP contribution in [-0.2, 0) is 16.0 Å². The molecule has 0 bridgehead atoms. The van der Waals surface area contributed by atoms with Gasteiger partial charge in [0.2, 0.25) is 5.91 Å². The number of piperidine rings is 1. The fourth-order valence-corrected chi connectivity index (χ4v) is 3.37. The minimum Gasteiger partial charge on any atom is -0.496 e. The number of carbonyl (C=O) groups excluding carboxylic acids is 2. The van der Waals surface area contributed by atoms with Crippen molar-refractivity contribution < 1.29 is 24.2 Å². The van der Waals surface area contributed by atoms with Gasteiger partial charge in [0, 0.05) is 39.6 Å². The number of benzene rings is 1. The van der Waals surface area contributed by atoms with E-state index in [9.17, 15) is 19.5 Å². The van der Waals surface area contributed by atoms with E-state index in [0.717, 1.165) is 5.56 Å². The molecule has 0 spiro atoms. The summed E-state index contributed by atoms with van der Waals surface area (Å²) in [5.74, 6) is -1.42. The number of nitrogens with zero attached hydrogens (tertiary/aromatic N) is 2. The fraction of sp³-hybridized carbons (Fsp3) is 0.550. The molecule has 2 rings (SSSR count). The van der Waals surface area contributed by atoms with Crippen LogP contribution >= 0.6 is 0 Å². The predicted octanol–water partition coefficient (Wildman–Crippen LogP) is 1.45. The second kappa shape index (κ2) is 9.96. The molecule has 1 aromatic carbocycles. The van der Waals surface area contributed by atoms with Crippen molar-refractivity contribution in [3.8, 4) is 5.75 Å². The lowest BCUT2D eigenvalue weighted by molar-refractivity contribution is -0.141. The summed E-state index contributed by atoms with van der Waals surface area (Å²) in [6.07, 6.45) is 1.43. The van der Waals surface area contributed by atoms with Gasteiger partial charge in [-0.25, -0.2) is 4.79 Å². The minimum atomic E-state index is -0.961. The van der Waals surface area contributed by atoms with E-state index in [-0.39, 0.29) is 30.8 Å². The number of carbonyl (C=O) groups is 3. The van der Waals surface area contributed by atoms with Gasteiger partial charge >= 0.3 is 12.0 Å². The van der Waals surface area contributed by atoms with Crippen molar-refractivity contribution in [1.29, 1.82) is 0 Å². The fourth-order valence-electron chi connectivity index (χ4n) is 3.37. The first-order valence-electron chi connectivity index (χ1n) is 9.42. The number of likely N-dealkylation sites (tertiary alicyclic amines) is 1. The molecule has 0 aromatic heterocycles. The molecule has 8 nitrogen and oxygen atoms in total. The summed E-state index contributed by atoms with van der Waals surface area (Å²) in [6.45, 7) is 1.11. The van der Waals surface area contributed by atoms with Crippen LogP contribution in [0.2, 0.25) is 0 Å². The SMILES string of the molecule is COc1ccccc1CC(CNC(=O)C1CCN(C(=O)N(C)C)CC1)C(=O)O. The molecular weight excluding hydrogens is 362 g/mol. The smallest absolute Gasteiger partial charge is 0.319 e. The van der Waals surface area contributed by atoms with E-state index >= 15 is 0 Å². The average Bonchev–Trinajstić information content (AvgIpc) is 2.70. The van der Waals surface area contributed by atoms with E-state index < -0.39 is 11.9 Å². The van der Waals surface area contributed by atoms with Crippen LogP contribution in [-0.4, -0.2) is 73.7 Å². The highest BCUT2D eigenvalue weighted by Gasteiger charge is 2.29. The summed E-state index contributed by atoms with van der Waals surface area (Å²) in [5.41, 5.74) is 0.794. The largest absolute Gasteiger partial charge is 0.496 e. The Morgan fingerprint density at radius 2 is 1.89 bits per heavy atom. The molecule has 1 unspecified atom stereocenters. The van der Waals surface area contributed by atoms with Gasteiger partial charge in [-0.05, 0) is 30.9 Å². The first-order valence-corrected chi connectivity index (χ1v) is 9.42. The van der Waals surface area contributed by atoms with Crippen molar-refractivity contribution in [2.24, 2.45) is 11.8 Å². The van der Waals surface area contributed by atoms with Gasteiger partial charge in [0.25, 0.3) is 0 Å². The van der Waals surface area contributed by atoms with Crippen LogP contribution in [0.3, 0.4) is 0 Å². The number of para-hydroxylation sites is 1. The molecule has 1 fully saturated rings. The van der Waals surface area contributed by atoms with Crippen molar-refractivity contribution in [1.82, 2.24) is 15.1 Å².